The standard InChI is InChI=1S/C14H17NO.C2H6.CH2O/c1-10-7-8-15(14(10)16)13-6-5-11-3-2-4-12(11)9-13;2*1-2/h5-6,9-10H,2-4,7-8H2,1H3;1-2H3;1H2. The summed E-state index contributed by atoms with van der Waals surface area (Å²) in [5.74, 6) is 0.492. The first-order valence-electron chi connectivity index (χ1n) is 7.48. The second-order valence-electron chi connectivity index (χ2n) is 4.99. The van der Waals surface area contributed by atoms with Crippen molar-refractivity contribution in [3.63, 3.8) is 0 Å². The highest BCUT2D eigenvalue weighted by Crippen LogP contribution is 2.30. The maximum Gasteiger partial charge on any atom is 0.229 e. The van der Waals surface area contributed by atoms with Crippen LogP contribution in [0.1, 0.15) is 44.7 Å². The van der Waals surface area contributed by atoms with E-state index >= 15 is 0 Å². The lowest BCUT2D eigenvalue weighted by Crippen LogP contribution is -2.26. The molecule has 3 heteroatoms. The lowest BCUT2D eigenvalue weighted by atomic mass is 10.1. The van der Waals surface area contributed by atoms with E-state index in [0.717, 1.165) is 18.7 Å². The van der Waals surface area contributed by atoms with Crippen LogP contribution in [0.4, 0.5) is 5.69 Å². The maximum absolute atomic E-state index is 11.9. The Balaban J connectivity index is 0.000000461. The molecule has 3 nitrogen and oxygen atoms in total. The summed E-state index contributed by atoms with van der Waals surface area (Å²) in [6, 6.07) is 6.53. The number of carbonyl (C=O) groups is 2. The summed E-state index contributed by atoms with van der Waals surface area (Å²) in [7, 11) is 0. The monoisotopic (exact) mass is 275 g/mol. The Bertz CT molecular complexity index is 456. The van der Waals surface area contributed by atoms with Crippen molar-refractivity contribution in [2.75, 3.05) is 11.4 Å². The fourth-order valence-electron chi connectivity index (χ4n) is 2.80. The molecule has 1 aliphatic carbocycles. The molecule has 3 rings (SSSR count). The van der Waals surface area contributed by atoms with Crippen molar-refractivity contribution in [1.29, 1.82) is 0 Å². The van der Waals surface area contributed by atoms with Gasteiger partial charge in [0.05, 0.1) is 0 Å². The van der Waals surface area contributed by atoms with E-state index in [-0.39, 0.29) is 11.8 Å². The molecule has 1 saturated heterocycles. The van der Waals surface area contributed by atoms with Crippen LogP contribution in [0.5, 0.6) is 0 Å². The summed E-state index contributed by atoms with van der Waals surface area (Å²) >= 11 is 0. The molecule has 0 saturated carbocycles. The molecule has 1 aliphatic heterocycles. The van der Waals surface area contributed by atoms with Gasteiger partial charge >= 0.3 is 0 Å². The first-order valence-corrected chi connectivity index (χ1v) is 7.48. The highest BCUT2D eigenvalue weighted by Gasteiger charge is 2.29. The van der Waals surface area contributed by atoms with E-state index in [1.54, 1.807) is 0 Å². The molecular formula is C17H25NO2. The molecule has 1 amide bonds. The van der Waals surface area contributed by atoms with Crippen molar-refractivity contribution >= 4 is 18.4 Å². The van der Waals surface area contributed by atoms with E-state index in [2.05, 4.69) is 18.2 Å². The number of nitrogens with zero attached hydrogens (tertiary/aromatic N) is 1. The molecule has 0 radical (unpaired) electrons. The molecule has 1 aromatic carbocycles. The molecule has 1 atom stereocenters. The van der Waals surface area contributed by atoms with Crippen LogP contribution in [0.2, 0.25) is 0 Å². The highest BCUT2D eigenvalue weighted by molar-refractivity contribution is 5.97. The molecule has 20 heavy (non-hydrogen) atoms. The Morgan fingerprint density at radius 3 is 2.40 bits per heavy atom. The van der Waals surface area contributed by atoms with Crippen LogP contribution in [0.25, 0.3) is 0 Å². The molecule has 110 valence electrons. The molecule has 0 bridgehead atoms. The van der Waals surface area contributed by atoms with Crippen molar-refractivity contribution in [3.8, 4) is 0 Å². The van der Waals surface area contributed by atoms with Gasteiger partial charge in [0.25, 0.3) is 0 Å². The average molecular weight is 275 g/mol. The van der Waals surface area contributed by atoms with Crippen molar-refractivity contribution in [1.82, 2.24) is 0 Å². The van der Waals surface area contributed by atoms with Crippen LogP contribution in [0.15, 0.2) is 18.2 Å². The van der Waals surface area contributed by atoms with Gasteiger partial charge in [-0.2, -0.15) is 0 Å². The molecule has 0 N–H and O–H groups in total. The van der Waals surface area contributed by atoms with Gasteiger partial charge < -0.3 is 9.69 Å². The second-order valence-corrected chi connectivity index (χ2v) is 4.99. The minimum atomic E-state index is 0.202. The minimum Gasteiger partial charge on any atom is -0.312 e. The Morgan fingerprint density at radius 1 is 1.15 bits per heavy atom. The number of rotatable bonds is 1. The van der Waals surface area contributed by atoms with Crippen LogP contribution in [-0.2, 0) is 22.4 Å². The zero-order chi connectivity index (χ0) is 15.1. The first-order chi connectivity index (χ1) is 9.75. The third-order valence-corrected chi connectivity index (χ3v) is 3.87. The smallest absolute Gasteiger partial charge is 0.229 e. The fraction of sp³-hybridized carbons (Fsp3) is 0.529. The van der Waals surface area contributed by atoms with E-state index in [9.17, 15) is 4.79 Å². The molecule has 1 aromatic rings. The van der Waals surface area contributed by atoms with E-state index in [1.807, 2.05) is 32.5 Å². The quantitative estimate of drug-likeness (QED) is 0.788. The first kappa shape index (κ1) is 16.4. The summed E-state index contributed by atoms with van der Waals surface area (Å²) in [6.07, 6.45) is 4.65. The van der Waals surface area contributed by atoms with Gasteiger partial charge in [0.15, 0.2) is 0 Å². The van der Waals surface area contributed by atoms with Crippen molar-refractivity contribution in [2.45, 2.75) is 46.5 Å². The van der Waals surface area contributed by atoms with Crippen molar-refractivity contribution in [2.24, 2.45) is 5.92 Å². The van der Waals surface area contributed by atoms with Crippen LogP contribution in [-0.4, -0.2) is 19.2 Å². The van der Waals surface area contributed by atoms with Crippen LogP contribution in [0, 0.1) is 5.92 Å². The minimum absolute atomic E-state index is 0.202. The van der Waals surface area contributed by atoms with Crippen LogP contribution >= 0.6 is 0 Å². The van der Waals surface area contributed by atoms with E-state index < -0.39 is 0 Å². The number of aryl methyl sites for hydroxylation is 2. The fourth-order valence-corrected chi connectivity index (χ4v) is 2.80. The third-order valence-electron chi connectivity index (χ3n) is 3.87. The van der Waals surface area contributed by atoms with Gasteiger partial charge in [0.2, 0.25) is 5.91 Å². The Labute approximate surface area is 122 Å². The SMILES string of the molecule is C=O.CC.CC1CCN(c2ccc3c(c2)CCC3)C1=O. The van der Waals surface area contributed by atoms with Crippen LogP contribution in [0.3, 0.4) is 0 Å². The highest BCUT2D eigenvalue weighted by atomic mass is 16.2. The van der Waals surface area contributed by atoms with Gasteiger partial charge in [-0.05, 0) is 48.9 Å². The molecule has 1 heterocycles. The lowest BCUT2D eigenvalue weighted by Gasteiger charge is -2.17. The number of amides is 1. The topological polar surface area (TPSA) is 37.4 Å². The van der Waals surface area contributed by atoms with E-state index in [4.69, 9.17) is 4.79 Å². The van der Waals surface area contributed by atoms with Gasteiger partial charge in [0, 0.05) is 18.2 Å². The molecule has 0 aromatic heterocycles. The maximum atomic E-state index is 11.9. The van der Waals surface area contributed by atoms with Gasteiger partial charge in [-0.3, -0.25) is 4.79 Å². The van der Waals surface area contributed by atoms with Gasteiger partial charge in [0.1, 0.15) is 6.79 Å². The lowest BCUT2D eigenvalue weighted by molar-refractivity contribution is -0.119. The van der Waals surface area contributed by atoms with Crippen molar-refractivity contribution in [3.05, 3.63) is 29.3 Å². The number of hydrogen-bond donors (Lipinski definition) is 0. The normalized spacial score (nSPS) is 19.6. The van der Waals surface area contributed by atoms with E-state index in [1.165, 1.54) is 30.4 Å². The molecule has 1 unspecified atom stereocenters. The van der Waals surface area contributed by atoms with Crippen LogP contribution < -0.4 is 4.90 Å². The van der Waals surface area contributed by atoms with E-state index in [0.29, 0.717) is 0 Å². The Kier molecular flexibility index (Phi) is 6.43. The Morgan fingerprint density at radius 2 is 1.80 bits per heavy atom. The third kappa shape index (κ3) is 3.27. The number of carbonyl (C=O) groups excluding carboxylic acids is 2. The predicted octanol–water partition coefficient (Wildman–Crippen LogP) is 3.39. The molecule has 1 fully saturated rings. The largest absolute Gasteiger partial charge is 0.312 e. The summed E-state index contributed by atoms with van der Waals surface area (Å²) in [6.45, 7) is 8.91. The zero-order valence-corrected chi connectivity index (χ0v) is 12.8. The number of hydrogen-bond acceptors (Lipinski definition) is 2. The number of fused-ring (bicyclic) bond motifs is 1. The summed E-state index contributed by atoms with van der Waals surface area (Å²) < 4.78 is 0. The summed E-state index contributed by atoms with van der Waals surface area (Å²) in [5.41, 5.74) is 4.03. The summed E-state index contributed by atoms with van der Waals surface area (Å²) in [4.78, 5) is 21.9. The second kappa shape index (κ2) is 7.83. The predicted molar refractivity (Wildman–Crippen MR) is 83.1 cm³/mol. The van der Waals surface area contributed by atoms with Gasteiger partial charge in [-0.15, -0.1) is 0 Å². The van der Waals surface area contributed by atoms with Gasteiger partial charge in [-0.25, -0.2) is 0 Å². The number of benzene rings is 1. The molecular weight excluding hydrogens is 250 g/mol. The van der Waals surface area contributed by atoms with Gasteiger partial charge in [-0.1, -0.05) is 26.8 Å². The molecule has 2 aliphatic rings. The zero-order valence-electron chi connectivity index (χ0n) is 12.8. The summed E-state index contributed by atoms with van der Waals surface area (Å²) in [5, 5.41) is 0. The number of anilines is 1. The van der Waals surface area contributed by atoms with Crippen molar-refractivity contribution < 1.29 is 9.59 Å². The average Bonchev–Trinajstić information content (AvgIpc) is 3.10. The Hall–Kier alpha value is -1.64. The molecule has 0 spiro atoms.